The number of allylic oxidation sites excluding steroid dienone is 2. The van der Waals surface area contributed by atoms with Crippen molar-refractivity contribution in [2.45, 2.75) is 6.42 Å². The zero-order chi connectivity index (χ0) is 16.6. The largest absolute Gasteiger partial charge is 0.497 e. The van der Waals surface area contributed by atoms with Crippen molar-refractivity contribution >= 4 is 17.5 Å². The first-order valence-corrected chi connectivity index (χ1v) is 8.44. The molecule has 6 atom stereocenters. The van der Waals surface area contributed by atoms with Gasteiger partial charge in [0.2, 0.25) is 11.8 Å². The quantitative estimate of drug-likeness (QED) is 0.632. The van der Waals surface area contributed by atoms with E-state index in [0.717, 1.165) is 0 Å². The summed E-state index contributed by atoms with van der Waals surface area (Å²) in [4.78, 5) is 27.6. The number of nitrogens with zero attached hydrogens (tertiary/aromatic N) is 1. The minimum atomic E-state index is -0.192. The number of hydrogen-bond acceptors (Lipinski definition) is 4. The van der Waals surface area contributed by atoms with E-state index < -0.39 is 0 Å². The summed E-state index contributed by atoms with van der Waals surface area (Å²) in [5, 5.41) is 0. The first-order chi connectivity index (χ1) is 11.7. The van der Waals surface area contributed by atoms with Gasteiger partial charge in [-0.05, 0) is 42.2 Å². The van der Waals surface area contributed by atoms with E-state index in [1.807, 2.05) is 0 Å². The molecule has 24 heavy (non-hydrogen) atoms. The van der Waals surface area contributed by atoms with Crippen molar-refractivity contribution in [1.29, 1.82) is 0 Å². The molecule has 1 heterocycles. The fourth-order valence-corrected chi connectivity index (χ4v) is 5.16. The van der Waals surface area contributed by atoms with E-state index in [-0.39, 0.29) is 35.5 Å². The summed E-state index contributed by atoms with van der Waals surface area (Å²) in [5.74, 6) is 2.27. The van der Waals surface area contributed by atoms with Gasteiger partial charge in [-0.2, -0.15) is 0 Å². The first kappa shape index (κ1) is 14.1. The van der Waals surface area contributed by atoms with Gasteiger partial charge in [-0.25, -0.2) is 4.90 Å². The first-order valence-electron chi connectivity index (χ1n) is 8.44. The Balaban J connectivity index is 1.57. The molecule has 124 valence electrons. The average molecular weight is 325 g/mol. The molecular weight excluding hydrogens is 306 g/mol. The fraction of sp³-hybridized carbons (Fsp3) is 0.474. The third kappa shape index (κ3) is 1.60. The number of imide groups is 1. The molecule has 2 amide bonds. The van der Waals surface area contributed by atoms with E-state index in [1.54, 1.807) is 25.3 Å². The van der Waals surface area contributed by atoms with Gasteiger partial charge in [0.05, 0.1) is 31.7 Å². The maximum absolute atomic E-state index is 13.1. The molecule has 1 aliphatic heterocycles. The van der Waals surface area contributed by atoms with E-state index in [2.05, 4.69) is 12.2 Å². The highest BCUT2D eigenvalue weighted by molar-refractivity contribution is 6.23. The third-order valence-electron chi connectivity index (χ3n) is 6.29. The van der Waals surface area contributed by atoms with Gasteiger partial charge in [0.25, 0.3) is 0 Å². The van der Waals surface area contributed by atoms with Crippen LogP contribution in [0, 0.1) is 35.5 Å². The predicted molar refractivity (Wildman–Crippen MR) is 86.7 cm³/mol. The maximum Gasteiger partial charge on any atom is 0.238 e. The molecule has 0 aromatic heterocycles. The van der Waals surface area contributed by atoms with E-state index in [9.17, 15) is 9.59 Å². The second-order valence-electron chi connectivity index (χ2n) is 7.20. The number of carbonyl (C=O) groups is 2. The molecule has 0 unspecified atom stereocenters. The number of carbonyl (C=O) groups excluding carboxylic acids is 2. The van der Waals surface area contributed by atoms with Crippen LogP contribution in [-0.2, 0) is 9.59 Å². The summed E-state index contributed by atoms with van der Waals surface area (Å²) in [6.45, 7) is 0. The van der Waals surface area contributed by atoms with E-state index in [1.165, 1.54) is 18.4 Å². The molecule has 5 aliphatic rings. The summed E-state index contributed by atoms with van der Waals surface area (Å²) in [6.07, 6.45) is 5.53. The normalized spacial score (nSPS) is 38.2. The Kier molecular flexibility index (Phi) is 2.71. The second kappa shape index (κ2) is 4.62. The lowest BCUT2D eigenvalue weighted by molar-refractivity contribution is -0.124. The van der Waals surface area contributed by atoms with Gasteiger partial charge >= 0.3 is 0 Å². The van der Waals surface area contributed by atoms with Crippen molar-refractivity contribution in [1.82, 2.24) is 0 Å². The lowest BCUT2D eigenvalue weighted by Crippen LogP contribution is -2.40. The van der Waals surface area contributed by atoms with Crippen molar-refractivity contribution in [3.8, 4) is 11.5 Å². The van der Waals surface area contributed by atoms with E-state index in [0.29, 0.717) is 29.0 Å². The van der Waals surface area contributed by atoms with Gasteiger partial charge in [-0.1, -0.05) is 12.2 Å². The maximum atomic E-state index is 13.1. The van der Waals surface area contributed by atoms with Gasteiger partial charge in [0.1, 0.15) is 11.5 Å². The van der Waals surface area contributed by atoms with E-state index >= 15 is 0 Å². The van der Waals surface area contributed by atoms with Crippen molar-refractivity contribution in [3.05, 3.63) is 30.4 Å². The summed E-state index contributed by atoms with van der Waals surface area (Å²) >= 11 is 0. The fourth-order valence-electron chi connectivity index (χ4n) is 5.16. The minimum absolute atomic E-state index is 0.0711. The molecule has 0 radical (unpaired) electrons. The van der Waals surface area contributed by atoms with Crippen LogP contribution in [0.3, 0.4) is 0 Å². The van der Waals surface area contributed by atoms with Crippen LogP contribution < -0.4 is 14.4 Å². The van der Waals surface area contributed by atoms with Crippen LogP contribution in [-0.4, -0.2) is 26.0 Å². The lowest BCUT2D eigenvalue weighted by Gasteiger charge is -2.37. The number of rotatable bonds is 3. The molecule has 0 spiro atoms. The Labute approximate surface area is 140 Å². The number of ether oxygens (including phenoxy) is 2. The number of anilines is 1. The molecule has 1 aromatic rings. The van der Waals surface area contributed by atoms with Gasteiger partial charge in [-0.3, -0.25) is 9.59 Å². The molecule has 4 aliphatic carbocycles. The van der Waals surface area contributed by atoms with Gasteiger partial charge in [0, 0.05) is 6.07 Å². The van der Waals surface area contributed by atoms with Gasteiger partial charge in [0.15, 0.2) is 0 Å². The Morgan fingerprint density at radius 3 is 2.12 bits per heavy atom. The van der Waals surface area contributed by atoms with Crippen LogP contribution in [0.5, 0.6) is 11.5 Å². The van der Waals surface area contributed by atoms with Crippen LogP contribution in [0.1, 0.15) is 6.42 Å². The molecule has 5 heteroatoms. The second-order valence-corrected chi connectivity index (χ2v) is 7.20. The smallest absolute Gasteiger partial charge is 0.238 e. The molecule has 2 saturated carbocycles. The van der Waals surface area contributed by atoms with Crippen molar-refractivity contribution in [3.63, 3.8) is 0 Å². The van der Waals surface area contributed by atoms with E-state index in [4.69, 9.17) is 9.47 Å². The SMILES string of the molecule is COc1ccc(N2C(=O)[C@@H]3[C@H]4C=C[C@@H]([C@@H]5C[C@@H]45)[C@@H]3C2=O)c(OC)c1. The average Bonchev–Trinajstić information content (AvgIpc) is 3.39. The highest BCUT2D eigenvalue weighted by atomic mass is 16.5. The predicted octanol–water partition coefficient (Wildman–Crippen LogP) is 2.26. The molecule has 2 bridgehead atoms. The number of amides is 2. The van der Waals surface area contributed by atoms with Crippen molar-refractivity contribution < 1.29 is 19.1 Å². The molecule has 1 aromatic carbocycles. The number of methoxy groups -OCH3 is 2. The summed E-state index contributed by atoms with van der Waals surface area (Å²) in [6, 6.07) is 5.20. The lowest BCUT2D eigenvalue weighted by atomic mass is 9.63. The molecule has 3 fully saturated rings. The monoisotopic (exact) mass is 325 g/mol. The summed E-state index contributed by atoms with van der Waals surface area (Å²) < 4.78 is 10.6. The topological polar surface area (TPSA) is 55.8 Å². The van der Waals surface area contributed by atoms with Crippen LogP contribution >= 0.6 is 0 Å². The van der Waals surface area contributed by atoms with Crippen molar-refractivity contribution in [2.75, 3.05) is 19.1 Å². The van der Waals surface area contributed by atoms with Crippen LogP contribution in [0.4, 0.5) is 5.69 Å². The zero-order valence-corrected chi connectivity index (χ0v) is 13.6. The Morgan fingerprint density at radius 2 is 1.58 bits per heavy atom. The molecule has 6 rings (SSSR count). The minimum Gasteiger partial charge on any atom is -0.497 e. The Hall–Kier alpha value is -2.30. The van der Waals surface area contributed by atoms with Crippen LogP contribution in [0.2, 0.25) is 0 Å². The number of benzene rings is 1. The zero-order valence-electron chi connectivity index (χ0n) is 13.6. The van der Waals surface area contributed by atoms with Gasteiger partial charge in [-0.15, -0.1) is 0 Å². The standard InChI is InChI=1S/C19H19NO4/c1-23-9-3-6-14(15(7-9)24-2)20-18(21)16-10-4-5-11(13-8-12(10)13)17(16)19(20)22/h3-7,10-13,16-17H,8H2,1-2H3/t10-,11-,12-,13-,16-,17+/m0/s1. The number of hydrogen-bond donors (Lipinski definition) is 0. The Morgan fingerprint density at radius 1 is 0.958 bits per heavy atom. The van der Waals surface area contributed by atoms with Crippen LogP contribution in [0.25, 0.3) is 0 Å². The molecule has 0 N–H and O–H groups in total. The summed E-state index contributed by atoms with van der Waals surface area (Å²) in [5.41, 5.74) is 0.524. The highest BCUT2D eigenvalue weighted by Gasteiger charge is 2.67. The molecule has 5 nitrogen and oxygen atoms in total. The van der Waals surface area contributed by atoms with Gasteiger partial charge < -0.3 is 9.47 Å². The Bertz CT molecular complexity index is 750. The van der Waals surface area contributed by atoms with Crippen LogP contribution in [0.15, 0.2) is 30.4 Å². The summed E-state index contributed by atoms with van der Waals surface area (Å²) in [7, 11) is 3.11. The third-order valence-corrected chi connectivity index (χ3v) is 6.29. The molecule has 1 saturated heterocycles. The van der Waals surface area contributed by atoms with Crippen molar-refractivity contribution in [2.24, 2.45) is 35.5 Å². The molecular formula is C19H19NO4. The highest BCUT2D eigenvalue weighted by Crippen LogP contribution is 2.65.